The Morgan fingerprint density at radius 2 is 2.21 bits per heavy atom. The zero-order valence-electron chi connectivity index (χ0n) is 13.5. The van der Waals surface area contributed by atoms with Crippen LogP contribution in [-0.2, 0) is 6.42 Å². The van der Waals surface area contributed by atoms with Crippen LogP contribution in [0.3, 0.4) is 0 Å². The Bertz CT molecular complexity index is 753. The molecule has 1 aromatic carbocycles. The second-order valence-corrected chi connectivity index (χ2v) is 5.36. The number of thioether (sulfide) groups is 1. The minimum atomic E-state index is -0.668. The highest BCUT2D eigenvalue weighted by atomic mass is 32.2. The molecule has 0 amide bonds. The minimum absolute atomic E-state index is 0.0395. The number of aromatic hydroxyl groups is 1. The van der Waals surface area contributed by atoms with Crippen molar-refractivity contribution in [3.05, 3.63) is 33.6 Å². The molecule has 1 heterocycles. The molecular weight excluding hydrogens is 334 g/mol. The highest BCUT2D eigenvalue weighted by Crippen LogP contribution is 2.36. The second-order valence-electron chi connectivity index (χ2n) is 4.59. The Morgan fingerprint density at radius 1 is 1.46 bits per heavy atom. The van der Waals surface area contributed by atoms with Crippen molar-refractivity contribution in [2.24, 2.45) is 5.10 Å². The van der Waals surface area contributed by atoms with Crippen molar-refractivity contribution < 1.29 is 14.8 Å². The lowest BCUT2D eigenvalue weighted by Crippen LogP contribution is -2.00. The van der Waals surface area contributed by atoms with Gasteiger partial charge < -0.3 is 9.84 Å². The van der Waals surface area contributed by atoms with Crippen molar-refractivity contribution in [1.82, 2.24) is 14.9 Å². The van der Waals surface area contributed by atoms with E-state index in [9.17, 15) is 15.2 Å². The molecule has 0 spiro atoms. The fourth-order valence-corrected chi connectivity index (χ4v) is 2.42. The third kappa shape index (κ3) is 3.65. The van der Waals surface area contributed by atoms with Gasteiger partial charge in [0.15, 0.2) is 11.6 Å². The largest absolute Gasteiger partial charge is 0.500 e. The van der Waals surface area contributed by atoms with Gasteiger partial charge in [0.1, 0.15) is 0 Å². The van der Waals surface area contributed by atoms with Gasteiger partial charge in [0.05, 0.1) is 17.7 Å². The van der Waals surface area contributed by atoms with E-state index >= 15 is 0 Å². The third-order valence-electron chi connectivity index (χ3n) is 3.07. The summed E-state index contributed by atoms with van der Waals surface area (Å²) in [6.45, 7) is 3.92. The minimum Gasteiger partial charge on any atom is -0.500 e. The van der Waals surface area contributed by atoms with E-state index in [-0.39, 0.29) is 12.4 Å². The van der Waals surface area contributed by atoms with Crippen LogP contribution in [0.2, 0.25) is 0 Å². The summed E-state index contributed by atoms with van der Waals surface area (Å²) in [6, 6.07) is 2.72. The van der Waals surface area contributed by atoms with E-state index in [2.05, 4.69) is 15.3 Å². The number of hydrogen-bond acceptors (Lipinski definition) is 8. The molecule has 128 valence electrons. The van der Waals surface area contributed by atoms with Gasteiger partial charge in [-0.1, -0.05) is 18.7 Å². The van der Waals surface area contributed by atoms with Crippen molar-refractivity contribution in [3.8, 4) is 11.5 Å². The van der Waals surface area contributed by atoms with Gasteiger partial charge in [0.2, 0.25) is 10.9 Å². The normalized spacial score (nSPS) is 11.1. The van der Waals surface area contributed by atoms with Crippen molar-refractivity contribution in [1.29, 1.82) is 0 Å². The highest BCUT2D eigenvalue weighted by molar-refractivity contribution is 7.98. The van der Waals surface area contributed by atoms with Crippen LogP contribution in [0.5, 0.6) is 11.5 Å². The summed E-state index contributed by atoms with van der Waals surface area (Å²) < 4.78 is 6.82. The number of aryl methyl sites for hydroxylation is 1. The zero-order chi connectivity index (χ0) is 17.7. The highest BCUT2D eigenvalue weighted by Gasteiger charge is 2.20. The summed E-state index contributed by atoms with van der Waals surface area (Å²) in [5, 5.41) is 33.9. The van der Waals surface area contributed by atoms with Gasteiger partial charge in [-0.2, -0.15) is 9.78 Å². The first-order valence-electron chi connectivity index (χ1n) is 7.18. The topological polar surface area (TPSA) is 116 Å². The van der Waals surface area contributed by atoms with E-state index in [1.807, 2.05) is 13.2 Å². The summed E-state index contributed by atoms with van der Waals surface area (Å²) in [5.41, 5.74) is -0.0160. The molecular formula is C14H17N5O4S. The van der Waals surface area contributed by atoms with Gasteiger partial charge >= 0.3 is 5.69 Å². The number of rotatable bonds is 7. The molecule has 1 aromatic heterocycles. The summed E-state index contributed by atoms with van der Waals surface area (Å²) in [5.74, 6) is 0.217. The summed E-state index contributed by atoms with van der Waals surface area (Å²) in [7, 11) is 0. The van der Waals surface area contributed by atoms with Crippen LogP contribution in [0.1, 0.15) is 25.2 Å². The summed E-state index contributed by atoms with van der Waals surface area (Å²) in [4.78, 5) is 10.4. The average molecular weight is 351 g/mol. The molecule has 0 aliphatic carbocycles. The predicted octanol–water partition coefficient (Wildman–Crippen LogP) is 2.46. The third-order valence-corrected chi connectivity index (χ3v) is 3.69. The monoisotopic (exact) mass is 351 g/mol. The molecule has 1 N–H and O–H groups in total. The number of phenolic OH excluding ortho intramolecular Hbond substituents is 1. The van der Waals surface area contributed by atoms with Crippen LogP contribution < -0.4 is 4.74 Å². The number of ether oxygens (including phenoxy) is 1. The SMILES string of the molecule is CCOc1cc(/C=N\n2c(CC)nnc2SC)cc([N+](=O)[O-])c1O. The number of nitro benzene ring substituents is 1. The number of phenols is 1. The van der Waals surface area contributed by atoms with Crippen molar-refractivity contribution in [3.63, 3.8) is 0 Å². The van der Waals surface area contributed by atoms with Crippen LogP contribution in [0.25, 0.3) is 0 Å². The molecule has 0 atom stereocenters. The lowest BCUT2D eigenvalue weighted by molar-refractivity contribution is -0.386. The van der Waals surface area contributed by atoms with E-state index in [0.29, 0.717) is 23.0 Å². The molecule has 0 saturated carbocycles. The predicted molar refractivity (Wildman–Crippen MR) is 90.1 cm³/mol. The van der Waals surface area contributed by atoms with Crippen LogP contribution in [0, 0.1) is 10.1 Å². The van der Waals surface area contributed by atoms with E-state index in [4.69, 9.17) is 4.74 Å². The molecule has 0 saturated heterocycles. The first-order chi connectivity index (χ1) is 11.5. The average Bonchev–Trinajstić information content (AvgIpc) is 2.97. The van der Waals surface area contributed by atoms with Crippen molar-refractivity contribution in [2.45, 2.75) is 25.4 Å². The standard InChI is InChI=1S/C14H17N5O4S/c1-4-12-16-17-14(24-3)18(12)15-8-9-6-10(19(21)22)13(20)11(7-9)23-5-2/h6-8,20H,4-5H2,1-3H3/b15-8-. The van der Waals surface area contributed by atoms with E-state index in [0.717, 1.165) is 0 Å². The van der Waals surface area contributed by atoms with Crippen LogP contribution in [0.4, 0.5) is 5.69 Å². The number of hydrogen-bond donors (Lipinski definition) is 1. The zero-order valence-corrected chi connectivity index (χ0v) is 14.3. The Balaban J connectivity index is 2.46. The second kappa shape index (κ2) is 7.77. The number of aromatic nitrogens is 3. The summed E-state index contributed by atoms with van der Waals surface area (Å²) in [6.07, 6.45) is 3.94. The molecule has 0 radical (unpaired) electrons. The molecule has 2 rings (SSSR count). The lowest BCUT2D eigenvalue weighted by atomic mass is 10.2. The Labute approximate surface area is 142 Å². The van der Waals surface area contributed by atoms with Gasteiger partial charge in [-0.3, -0.25) is 10.1 Å². The Hall–Kier alpha value is -2.62. The number of nitrogens with zero attached hydrogens (tertiary/aromatic N) is 5. The van der Waals surface area contributed by atoms with Crippen LogP contribution >= 0.6 is 11.8 Å². The Morgan fingerprint density at radius 3 is 2.79 bits per heavy atom. The fourth-order valence-electron chi connectivity index (χ4n) is 1.98. The maximum absolute atomic E-state index is 11.1. The van der Waals surface area contributed by atoms with E-state index in [1.54, 1.807) is 11.6 Å². The molecule has 0 aliphatic heterocycles. The molecule has 9 nitrogen and oxygen atoms in total. The van der Waals surface area contributed by atoms with Crippen LogP contribution in [0.15, 0.2) is 22.4 Å². The van der Waals surface area contributed by atoms with Gasteiger partial charge in [-0.05, 0) is 19.2 Å². The lowest BCUT2D eigenvalue weighted by Gasteiger charge is -2.07. The van der Waals surface area contributed by atoms with Crippen molar-refractivity contribution in [2.75, 3.05) is 12.9 Å². The van der Waals surface area contributed by atoms with E-state index in [1.165, 1.54) is 30.1 Å². The van der Waals surface area contributed by atoms with Crippen LogP contribution in [-0.4, -0.2) is 44.0 Å². The molecule has 0 fully saturated rings. The first-order valence-corrected chi connectivity index (χ1v) is 8.41. The van der Waals surface area contributed by atoms with E-state index < -0.39 is 16.4 Å². The molecule has 0 aliphatic rings. The molecule has 24 heavy (non-hydrogen) atoms. The maximum Gasteiger partial charge on any atom is 0.315 e. The first kappa shape index (κ1) is 17.7. The number of nitro groups is 1. The smallest absolute Gasteiger partial charge is 0.315 e. The van der Waals surface area contributed by atoms with Crippen molar-refractivity contribution >= 4 is 23.7 Å². The number of benzene rings is 1. The van der Waals surface area contributed by atoms with Gasteiger partial charge in [-0.15, -0.1) is 10.2 Å². The Kier molecular flexibility index (Phi) is 5.74. The maximum atomic E-state index is 11.1. The van der Waals surface area contributed by atoms with Gasteiger partial charge in [0, 0.05) is 18.1 Å². The molecule has 2 aromatic rings. The fraction of sp³-hybridized carbons (Fsp3) is 0.357. The summed E-state index contributed by atoms with van der Waals surface area (Å²) >= 11 is 1.39. The quantitative estimate of drug-likeness (QED) is 0.352. The van der Waals surface area contributed by atoms with Gasteiger partial charge in [-0.25, -0.2) is 0 Å². The van der Waals surface area contributed by atoms with Gasteiger partial charge in [0.25, 0.3) is 0 Å². The molecule has 0 bridgehead atoms. The molecule has 10 heteroatoms. The molecule has 0 unspecified atom stereocenters.